The maximum atomic E-state index is 13.2. The molecule has 172 valence electrons. The van der Waals surface area contributed by atoms with Crippen molar-refractivity contribution in [2.45, 2.75) is 63.9 Å². The molecule has 0 aromatic heterocycles. The highest BCUT2D eigenvalue weighted by atomic mass is 35.5. The number of nitrogens with one attached hydrogen (secondary N) is 1. The Kier molecular flexibility index (Phi) is 9.33. The Morgan fingerprint density at radius 3 is 2.53 bits per heavy atom. The van der Waals surface area contributed by atoms with E-state index >= 15 is 0 Å². The third-order valence-electron chi connectivity index (χ3n) is 5.95. The largest absolute Gasteiger partial charge is 0.352 e. The summed E-state index contributed by atoms with van der Waals surface area (Å²) in [4.78, 5) is 27.8. The van der Waals surface area contributed by atoms with Gasteiger partial charge in [-0.05, 0) is 55.5 Å². The molecule has 1 aliphatic rings. The van der Waals surface area contributed by atoms with E-state index < -0.39 is 6.04 Å². The topological polar surface area (TPSA) is 49.4 Å². The number of carbonyl (C=O) groups is 2. The Labute approximate surface area is 205 Å². The first kappa shape index (κ1) is 24.9. The third kappa shape index (κ3) is 6.90. The quantitative estimate of drug-likeness (QED) is 0.466. The zero-order chi connectivity index (χ0) is 23.1. The molecule has 2 aromatic rings. The first-order valence-corrected chi connectivity index (χ1v) is 12.9. The lowest BCUT2D eigenvalue weighted by molar-refractivity contribution is -0.138. The lowest BCUT2D eigenvalue weighted by Crippen LogP contribution is -2.50. The predicted octanol–water partition coefficient (Wildman–Crippen LogP) is 6.01. The van der Waals surface area contributed by atoms with Crippen molar-refractivity contribution in [1.82, 2.24) is 10.2 Å². The van der Waals surface area contributed by atoms with Gasteiger partial charge in [0.05, 0.1) is 15.8 Å². The molecule has 1 aliphatic carbocycles. The Bertz CT molecular complexity index is 947. The number of hydrogen-bond acceptors (Lipinski definition) is 3. The molecule has 1 saturated carbocycles. The molecule has 0 bridgehead atoms. The number of halogens is 2. The number of hydrogen-bond donors (Lipinski definition) is 1. The fraction of sp³-hybridized carbons (Fsp3) is 0.440. The van der Waals surface area contributed by atoms with Crippen molar-refractivity contribution in [2.75, 3.05) is 5.75 Å². The van der Waals surface area contributed by atoms with Crippen molar-refractivity contribution < 1.29 is 9.59 Å². The van der Waals surface area contributed by atoms with Gasteiger partial charge in [0.2, 0.25) is 11.8 Å². The number of carbonyl (C=O) groups excluding carboxylic acids is 2. The minimum Gasteiger partial charge on any atom is -0.352 e. The fourth-order valence-electron chi connectivity index (χ4n) is 3.91. The van der Waals surface area contributed by atoms with Crippen LogP contribution in [0.4, 0.5) is 0 Å². The van der Waals surface area contributed by atoms with E-state index in [-0.39, 0.29) is 17.9 Å². The first-order valence-electron chi connectivity index (χ1n) is 11.0. The van der Waals surface area contributed by atoms with Crippen molar-refractivity contribution in [1.29, 1.82) is 0 Å². The number of rotatable bonds is 9. The van der Waals surface area contributed by atoms with Gasteiger partial charge in [-0.1, -0.05) is 66.4 Å². The van der Waals surface area contributed by atoms with Crippen LogP contribution in [-0.4, -0.2) is 34.6 Å². The standard InChI is InChI=1S/C25H30Cl2N2O2S/c1-17-7-3-4-8-20(17)15-32-16-24(30)29(14-19-11-12-22(26)23(27)13-19)18(2)25(31)28-21-9-5-6-10-21/h3-4,7-8,11-13,18,21H,5-6,9-10,14-16H2,1-2H3,(H,28,31). The predicted molar refractivity (Wildman–Crippen MR) is 134 cm³/mol. The summed E-state index contributed by atoms with van der Waals surface area (Å²) in [5.74, 6) is 0.885. The van der Waals surface area contributed by atoms with Crippen molar-refractivity contribution in [3.8, 4) is 0 Å². The Morgan fingerprint density at radius 1 is 1.12 bits per heavy atom. The molecule has 7 heteroatoms. The minimum absolute atomic E-state index is 0.0660. The van der Waals surface area contributed by atoms with Crippen molar-refractivity contribution in [3.63, 3.8) is 0 Å². The second-order valence-electron chi connectivity index (χ2n) is 8.36. The van der Waals surface area contributed by atoms with Gasteiger partial charge in [0.15, 0.2) is 0 Å². The zero-order valence-corrected chi connectivity index (χ0v) is 20.9. The van der Waals surface area contributed by atoms with Crippen LogP contribution in [0.25, 0.3) is 0 Å². The highest BCUT2D eigenvalue weighted by Gasteiger charge is 2.28. The highest BCUT2D eigenvalue weighted by molar-refractivity contribution is 7.99. The van der Waals surface area contributed by atoms with Crippen LogP contribution in [0.2, 0.25) is 10.0 Å². The number of thioether (sulfide) groups is 1. The van der Waals surface area contributed by atoms with Gasteiger partial charge in [0.25, 0.3) is 0 Å². The monoisotopic (exact) mass is 492 g/mol. The van der Waals surface area contributed by atoms with Crippen LogP contribution in [-0.2, 0) is 21.9 Å². The van der Waals surface area contributed by atoms with Crippen LogP contribution >= 0.6 is 35.0 Å². The molecule has 1 atom stereocenters. The Balaban J connectivity index is 1.69. The lowest BCUT2D eigenvalue weighted by Gasteiger charge is -2.30. The second kappa shape index (κ2) is 12.0. The molecule has 0 aliphatic heterocycles. The van der Waals surface area contributed by atoms with E-state index in [0.717, 1.165) is 37.0 Å². The molecule has 2 aromatic carbocycles. The van der Waals surface area contributed by atoms with Gasteiger partial charge in [0, 0.05) is 18.3 Å². The molecule has 0 radical (unpaired) electrons. The summed E-state index contributed by atoms with van der Waals surface area (Å²) in [6, 6.07) is 13.1. The van der Waals surface area contributed by atoms with Gasteiger partial charge in [-0.3, -0.25) is 9.59 Å². The molecule has 1 N–H and O–H groups in total. The third-order valence-corrected chi connectivity index (χ3v) is 7.66. The van der Waals surface area contributed by atoms with Crippen LogP contribution in [0.15, 0.2) is 42.5 Å². The molecule has 0 saturated heterocycles. The van der Waals surface area contributed by atoms with E-state index in [1.54, 1.807) is 35.7 Å². The van der Waals surface area contributed by atoms with E-state index in [1.807, 2.05) is 18.2 Å². The normalized spacial score (nSPS) is 14.9. The highest BCUT2D eigenvalue weighted by Crippen LogP contribution is 2.25. The van der Waals surface area contributed by atoms with Crippen LogP contribution < -0.4 is 5.32 Å². The van der Waals surface area contributed by atoms with Gasteiger partial charge in [-0.15, -0.1) is 11.8 Å². The molecule has 3 rings (SSSR count). The van der Waals surface area contributed by atoms with Crippen LogP contribution in [0.5, 0.6) is 0 Å². The summed E-state index contributed by atoms with van der Waals surface area (Å²) in [5, 5.41) is 4.03. The van der Waals surface area contributed by atoms with Crippen LogP contribution in [0, 0.1) is 6.92 Å². The SMILES string of the molecule is Cc1ccccc1CSCC(=O)N(Cc1ccc(Cl)c(Cl)c1)C(C)C(=O)NC1CCCC1. The molecule has 0 spiro atoms. The summed E-state index contributed by atoms with van der Waals surface area (Å²) in [5.41, 5.74) is 3.27. The molecule has 1 unspecified atom stereocenters. The molecular formula is C25H30Cl2N2O2S. The number of benzene rings is 2. The van der Waals surface area contributed by atoms with Crippen molar-refractivity contribution in [3.05, 3.63) is 69.2 Å². The smallest absolute Gasteiger partial charge is 0.242 e. The van der Waals surface area contributed by atoms with E-state index in [1.165, 1.54) is 11.1 Å². The van der Waals surface area contributed by atoms with Crippen LogP contribution in [0.1, 0.15) is 49.3 Å². The van der Waals surface area contributed by atoms with Gasteiger partial charge < -0.3 is 10.2 Å². The summed E-state index contributed by atoms with van der Waals surface area (Å²) < 4.78 is 0. The molecule has 0 heterocycles. The summed E-state index contributed by atoms with van der Waals surface area (Å²) in [7, 11) is 0. The fourth-order valence-corrected chi connectivity index (χ4v) is 5.22. The molecular weight excluding hydrogens is 463 g/mol. The molecule has 32 heavy (non-hydrogen) atoms. The summed E-state index contributed by atoms with van der Waals surface area (Å²) in [6.45, 7) is 4.18. The number of aryl methyl sites for hydroxylation is 1. The zero-order valence-electron chi connectivity index (χ0n) is 18.6. The van der Waals surface area contributed by atoms with Gasteiger partial charge in [-0.2, -0.15) is 0 Å². The average molecular weight is 494 g/mol. The number of nitrogens with zero attached hydrogens (tertiary/aromatic N) is 1. The van der Waals surface area contributed by atoms with Gasteiger partial charge in [-0.25, -0.2) is 0 Å². The second-order valence-corrected chi connectivity index (χ2v) is 10.2. The first-order chi connectivity index (χ1) is 15.3. The molecule has 4 nitrogen and oxygen atoms in total. The van der Waals surface area contributed by atoms with E-state index in [4.69, 9.17) is 23.2 Å². The van der Waals surface area contributed by atoms with E-state index in [9.17, 15) is 9.59 Å². The average Bonchev–Trinajstić information content (AvgIpc) is 3.28. The van der Waals surface area contributed by atoms with Crippen molar-refractivity contribution >= 4 is 46.8 Å². The van der Waals surface area contributed by atoms with E-state index in [0.29, 0.717) is 22.3 Å². The maximum Gasteiger partial charge on any atom is 0.242 e. The van der Waals surface area contributed by atoms with Gasteiger partial charge in [0.1, 0.15) is 6.04 Å². The lowest BCUT2D eigenvalue weighted by atomic mass is 10.1. The van der Waals surface area contributed by atoms with Crippen LogP contribution in [0.3, 0.4) is 0 Å². The Morgan fingerprint density at radius 2 is 1.84 bits per heavy atom. The van der Waals surface area contributed by atoms with Crippen molar-refractivity contribution in [2.24, 2.45) is 0 Å². The minimum atomic E-state index is -0.573. The van der Waals surface area contributed by atoms with Gasteiger partial charge >= 0.3 is 0 Å². The molecule has 1 fully saturated rings. The summed E-state index contributed by atoms with van der Waals surface area (Å²) in [6.07, 6.45) is 4.29. The maximum absolute atomic E-state index is 13.2. The molecule has 2 amide bonds. The van der Waals surface area contributed by atoms with E-state index in [2.05, 4.69) is 24.4 Å². The number of amides is 2. The Hall–Kier alpha value is -1.69. The summed E-state index contributed by atoms with van der Waals surface area (Å²) >= 11 is 13.8.